The van der Waals surface area contributed by atoms with Crippen LogP contribution in [0.2, 0.25) is 25.7 Å². The number of benzene rings is 1. The van der Waals surface area contributed by atoms with Gasteiger partial charge in [0.05, 0.1) is 7.11 Å². The molecule has 2 heteroatoms. The van der Waals surface area contributed by atoms with Gasteiger partial charge >= 0.3 is 0 Å². The fraction of sp³-hybridized carbons (Fsp3) is 0.625. The summed E-state index contributed by atoms with van der Waals surface area (Å²) in [4.78, 5) is 0. The van der Waals surface area contributed by atoms with Gasteiger partial charge < -0.3 is 4.74 Å². The number of ether oxygens (including phenoxy) is 1. The number of hydrogen-bond acceptors (Lipinski definition) is 1. The number of hydrogen-bond donors (Lipinski definition) is 0. The summed E-state index contributed by atoms with van der Waals surface area (Å²) in [6.45, 7) is 12.3. The molecule has 0 aliphatic heterocycles. The molecule has 0 saturated heterocycles. The summed E-state index contributed by atoms with van der Waals surface area (Å²) in [7, 11) is 0.762. The normalized spacial score (nSPS) is 25.9. The molecule has 0 heterocycles. The molecule has 0 N–H and O–H groups in total. The van der Waals surface area contributed by atoms with Gasteiger partial charge in [-0.1, -0.05) is 51.7 Å². The van der Waals surface area contributed by atoms with Crippen LogP contribution in [0, 0.1) is 11.3 Å². The molecule has 1 aliphatic rings. The molecule has 0 bridgehead atoms. The Morgan fingerprint density at radius 3 is 2.11 bits per heavy atom. The molecule has 0 radical (unpaired) electrons. The number of rotatable bonds is 4. The van der Waals surface area contributed by atoms with Crippen molar-refractivity contribution in [3.8, 4) is 5.75 Å². The zero-order chi connectivity index (χ0) is 13.6. The van der Waals surface area contributed by atoms with Crippen molar-refractivity contribution in [2.75, 3.05) is 7.11 Å². The highest BCUT2D eigenvalue weighted by Gasteiger charge is 2.58. The highest BCUT2D eigenvalue weighted by Crippen LogP contribution is 2.67. The molecule has 1 aliphatic carbocycles. The smallest absolute Gasteiger partial charge is 0.118 e. The van der Waals surface area contributed by atoms with Crippen LogP contribution in [0.1, 0.15) is 25.3 Å². The number of methoxy groups -OCH3 is 1. The minimum absolute atomic E-state index is 0.481. The Hall–Kier alpha value is -0.763. The van der Waals surface area contributed by atoms with E-state index in [4.69, 9.17) is 4.74 Å². The Morgan fingerprint density at radius 1 is 1.11 bits per heavy atom. The van der Waals surface area contributed by atoms with Crippen molar-refractivity contribution in [1.82, 2.24) is 0 Å². The van der Waals surface area contributed by atoms with E-state index in [9.17, 15) is 0 Å². The average Bonchev–Trinajstić information content (AvgIpc) is 2.78. The van der Waals surface area contributed by atoms with E-state index in [1.807, 2.05) is 0 Å². The minimum Gasteiger partial charge on any atom is -0.497 e. The van der Waals surface area contributed by atoms with Crippen LogP contribution in [0.3, 0.4) is 0 Å². The van der Waals surface area contributed by atoms with Crippen LogP contribution in [0.15, 0.2) is 24.3 Å². The van der Waals surface area contributed by atoms with E-state index in [2.05, 4.69) is 57.8 Å². The third-order valence-corrected chi connectivity index (χ3v) is 6.02. The summed E-state index contributed by atoms with van der Waals surface area (Å²) in [5.41, 5.74) is 1.97. The molecule has 1 fully saturated rings. The lowest BCUT2D eigenvalue weighted by Crippen LogP contribution is -2.20. The van der Waals surface area contributed by atoms with E-state index in [1.54, 1.807) is 7.11 Å². The zero-order valence-corrected chi connectivity index (χ0v) is 13.6. The van der Waals surface area contributed by atoms with Gasteiger partial charge in [0.2, 0.25) is 0 Å². The van der Waals surface area contributed by atoms with E-state index < -0.39 is 8.07 Å². The van der Waals surface area contributed by atoms with Crippen LogP contribution >= 0.6 is 0 Å². The Kier molecular flexibility index (Phi) is 3.35. The molecule has 100 valence electrons. The Bertz CT molecular complexity index is 414. The molecule has 1 aromatic rings. The molecule has 2 rings (SSSR count). The van der Waals surface area contributed by atoms with E-state index >= 15 is 0 Å². The lowest BCUT2D eigenvalue weighted by atomic mass is 10.0. The van der Waals surface area contributed by atoms with Crippen LogP contribution in [0.25, 0.3) is 0 Å². The first-order valence-electron chi connectivity index (χ1n) is 6.89. The van der Waals surface area contributed by atoms with E-state index in [-0.39, 0.29) is 0 Å². The van der Waals surface area contributed by atoms with Gasteiger partial charge in [0.25, 0.3) is 0 Å². The van der Waals surface area contributed by atoms with E-state index in [1.165, 1.54) is 11.6 Å². The van der Waals surface area contributed by atoms with Gasteiger partial charge in [0.1, 0.15) is 5.75 Å². The predicted molar refractivity (Wildman–Crippen MR) is 81.2 cm³/mol. The van der Waals surface area contributed by atoms with Crippen molar-refractivity contribution in [3.05, 3.63) is 29.8 Å². The van der Waals surface area contributed by atoms with Crippen molar-refractivity contribution in [2.45, 2.75) is 45.5 Å². The second-order valence-corrected chi connectivity index (χ2v) is 13.0. The topological polar surface area (TPSA) is 9.23 Å². The third-order valence-electron chi connectivity index (χ3n) is 4.36. The maximum Gasteiger partial charge on any atom is 0.118 e. The first kappa shape index (κ1) is 13.7. The van der Waals surface area contributed by atoms with Crippen molar-refractivity contribution in [2.24, 2.45) is 11.3 Å². The van der Waals surface area contributed by atoms with Gasteiger partial charge in [-0.2, -0.15) is 0 Å². The molecule has 1 saturated carbocycles. The molecular formula is C16H26OSi. The molecule has 0 unspecified atom stereocenters. The van der Waals surface area contributed by atoms with Crippen LogP contribution in [0.4, 0.5) is 0 Å². The Labute approximate surface area is 113 Å². The predicted octanol–water partition coefficient (Wildman–Crippen LogP) is 4.77. The van der Waals surface area contributed by atoms with Gasteiger partial charge in [-0.3, -0.25) is 0 Å². The molecule has 0 aromatic heterocycles. The summed E-state index contributed by atoms with van der Waals surface area (Å²) >= 11 is 0. The van der Waals surface area contributed by atoms with Gasteiger partial charge in [-0.05, 0) is 34.9 Å². The average molecular weight is 262 g/mol. The lowest BCUT2D eigenvalue weighted by molar-refractivity contribution is 0.414. The Morgan fingerprint density at radius 2 is 1.67 bits per heavy atom. The van der Waals surface area contributed by atoms with E-state index in [0.717, 1.165) is 17.6 Å². The summed E-state index contributed by atoms with van der Waals surface area (Å²) in [5.74, 6) is 2.58. The standard InChI is InChI=1S/C16H26OSi/c1-16(2)14(11-18(4,5)6)15(16)12-7-9-13(17-3)10-8-12/h7-10,14-15H,11H2,1-6H3/t14-,15+/m1/s1. The van der Waals surface area contributed by atoms with Gasteiger partial charge in [0.15, 0.2) is 0 Å². The second-order valence-electron chi connectivity index (χ2n) is 7.44. The summed E-state index contributed by atoms with van der Waals surface area (Å²) in [6.07, 6.45) is 0. The summed E-state index contributed by atoms with van der Waals surface area (Å²) < 4.78 is 5.24. The SMILES string of the molecule is COc1ccc([C@H]2[C@@H](C[Si](C)(C)C)C2(C)C)cc1. The van der Waals surface area contributed by atoms with Gasteiger partial charge in [0, 0.05) is 8.07 Å². The van der Waals surface area contributed by atoms with Crippen molar-refractivity contribution >= 4 is 8.07 Å². The largest absolute Gasteiger partial charge is 0.497 e. The first-order valence-corrected chi connectivity index (χ1v) is 10.6. The highest BCUT2D eigenvalue weighted by molar-refractivity contribution is 6.76. The highest BCUT2D eigenvalue weighted by atomic mass is 28.3. The van der Waals surface area contributed by atoms with Crippen LogP contribution in [0.5, 0.6) is 5.75 Å². The molecule has 1 nitrogen and oxygen atoms in total. The second kappa shape index (κ2) is 4.41. The molecular weight excluding hydrogens is 236 g/mol. The zero-order valence-electron chi connectivity index (χ0n) is 12.6. The molecule has 1 aromatic carbocycles. The molecule has 18 heavy (non-hydrogen) atoms. The van der Waals surface area contributed by atoms with E-state index in [0.29, 0.717) is 5.41 Å². The van der Waals surface area contributed by atoms with Crippen molar-refractivity contribution in [1.29, 1.82) is 0 Å². The fourth-order valence-electron chi connectivity index (χ4n) is 3.26. The third kappa shape index (κ3) is 2.63. The fourth-order valence-corrected chi connectivity index (χ4v) is 5.34. The van der Waals surface area contributed by atoms with Crippen LogP contribution in [-0.4, -0.2) is 15.2 Å². The van der Waals surface area contributed by atoms with Crippen molar-refractivity contribution < 1.29 is 4.74 Å². The van der Waals surface area contributed by atoms with Gasteiger partial charge in [-0.15, -0.1) is 0 Å². The van der Waals surface area contributed by atoms with Crippen molar-refractivity contribution in [3.63, 3.8) is 0 Å². The maximum absolute atomic E-state index is 5.24. The van der Waals surface area contributed by atoms with Crippen LogP contribution < -0.4 is 4.74 Å². The monoisotopic (exact) mass is 262 g/mol. The summed E-state index contributed by atoms with van der Waals surface area (Å²) in [6, 6.07) is 10.1. The molecule has 2 atom stereocenters. The minimum atomic E-state index is -0.964. The first-order chi connectivity index (χ1) is 8.25. The summed E-state index contributed by atoms with van der Waals surface area (Å²) in [5, 5.41) is 0. The van der Waals surface area contributed by atoms with Crippen LogP contribution in [-0.2, 0) is 0 Å². The Balaban J connectivity index is 2.14. The molecule has 0 amide bonds. The maximum atomic E-state index is 5.24. The molecule has 0 spiro atoms. The van der Waals surface area contributed by atoms with Gasteiger partial charge in [-0.25, -0.2) is 0 Å². The lowest BCUT2D eigenvalue weighted by Gasteiger charge is -2.16. The quantitative estimate of drug-likeness (QED) is 0.710.